The Morgan fingerprint density at radius 3 is 2.45 bits per heavy atom. The molecule has 0 spiro atoms. The van der Waals surface area contributed by atoms with Gasteiger partial charge in [0.25, 0.3) is 0 Å². The third-order valence-corrected chi connectivity index (χ3v) is 5.81. The maximum atomic E-state index is 12.5. The molecule has 0 aliphatic heterocycles. The van der Waals surface area contributed by atoms with Gasteiger partial charge in [-0.1, -0.05) is 62.4 Å². The lowest BCUT2D eigenvalue weighted by Crippen LogP contribution is -2.08. The molecule has 4 heteroatoms. The van der Waals surface area contributed by atoms with Gasteiger partial charge in [-0.05, 0) is 47.4 Å². The summed E-state index contributed by atoms with van der Waals surface area (Å²) >= 11 is 1.62. The zero-order chi connectivity index (χ0) is 20.2. The number of benzene rings is 3. The van der Waals surface area contributed by atoms with Gasteiger partial charge in [0, 0.05) is 11.6 Å². The Hall–Kier alpha value is -3.24. The Kier molecular flexibility index (Phi) is 5.54. The van der Waals surface area contributed by atoms with E-state index in [0.29, 0.717) is 5.92 Å². The van der Waals surface area contributed by atoms with E-state index in [1.807, 2.05) is 60.7 Å². The number of hydrogen-bond donors (Lipinski definition) is 1. The zero-order valence-electron chi connectivity index (χ0n) is 16.4. The molecule has 0 aliphatic carbocycles. The summed E-state index contributed by atoms with van der Waals surface area (Å²) in [6.45, 7) is 4.34. The lowest BCUT2D eigenvalue weighted by molar-refractivity contribution is -0.111. The minimum Gasteiger partial charge on any atom is -0.322 e. The molecule has 1 heterocycles. The molecular formula is C25H22N2OS. The predicted octanol–water partition coefficient (Wildman–Crippen LogP) is 6.74. The Balaban J connectivity index is 1.53. The molecule has 1 N–H and O–H groups in total. The number of rotatable bonds is 5. The number of thiazole rings is 1. The third kappa shape index (κ3) is 4.44. The molecular weight excluding hydrogens is 376 g/mol. The summed E-state index contributed by atoms with van der Waals surface area (Å²) in [5.41, 5.74) is 4.95. The van der Waals surface area contributed by atoms with Crippen LogP contribution in [0.15, 0.2) is 78.9 Å². The largest absolute Gasteiger partial charge is 0.322 e. The van der Waals surface area contributed by atoms with Crippen molar-refractivity contribution in [2.24, 2.45) is 0 Å². The highest BCUT2D eigenvalue weighted by Gasteiger charge is 2.11. The molecule has 4 aromatic rings. The molecule has 0 radical (unpaired) electrons. The predicted molar refractivity (Wildman–Crippen MR) is 123 cm³/mol. The number of nitrogens with zero attached hydrogens (tertiary/aromatic N) is 1. The van der Waals surface area contributed by atoms with Crippen LogP contribution in [0, 0.1) is 0 Å². The first-order valence-corrected chi connectivity index (χ1v) is 10.5. The van der Waals surface area contributed by atoms with Crippen LogP contribution in [-0.2, 0) is 4.79 Å². The molecule has 4 rings (SSSR count). The highest BCUT2D eigenvalue weighted by molar-refractivity contribution is 7.21. The lowest BCUT2D eigenvalue weighted by Gasteiger charge is -2.07. The number of hydrogen-bond acceptors (Lipinski definition) is 3. The van der Waals surface area contributed by atoms with Crippen LogP contribution in [0.25, 0.3) is 26.9 Å². The first kappa shape index (κ1) is 19.1. The van der Waals surface area contributed by atoms with Crippen LogP contribution in [0.5, 0.6) is 0 Å². The third-order valence-electron chi connectivity index (χ3n) is 4.74. The van der Waals surface area contributed by atoms with Crippen LogP contribution in [0.3, 0.4) is 0 Å². The van der Waals surface area contributed by atoms with Crippen LogP contribution in [0.4, 0.5) is 5.69 Å². The molecule has 0 saturated heterocycles. The average molecular weight is 399 g/mol. The van der Waals surface area contributed by atoms with Gasteiger partial charge in [0.05, 0.1) is 15.9 Å². The summed E-state index contributed by atoms with van der Waals surface area (Å²) < 4.78 is 1.13. The quantitative estimate of drug-likeness (QED) is 0.378. The summed E-state index contributed by atoms with van der Waals surface area (Å²) in [6.07, 6.45) is 3.40. The van der Waals surface area contributed by atoms with Gasteiger partial charge in [0.15, 0.2) is 0 Å². The first-order chi connectivity index (χ1) is 14.1. The monoisotopic (exact) mass is 398 g/mol. The smallest absolute Gasteiger partial charge is 0.248 e. The van der Waals surface area contributed by atoms with Crippen LogP contribution in [-0.4, -0.2) is 10.9 Å². The number of para-hydroxylation sites is 2. The fourth-order valence-corrected chi connectivity index (χ4v) is 4.11. The molecule has 3 aromatic carbocycles. The standard InChI is InChI=1S/C25H22N2OS/c1-17(2)19-14-11-18(12-15-19)13-16-24(28)26-21-8-4-3-7-20(21)25-27-22-9-5-6-10-23(22)29-25/h3-17H,1-2H3,(H,26,28). The molecule has 0 fully saturated rings. The van der Waals surface area contributed by atoms with Crippen molar-refractivity contribution in [2.75, 3.05) is 5.32 Å². The van der Waals surface area contributed by atoms with E-state index in [4.69, 9.17) is 4.98 Å². The number of anilines is 1. The van der Waals surface area contributed by atoms with Gasteiger partial charge in [0.1, 0.15) is 5.01 Å². The van der Waals surface area contributed by atoms with Crippen LogP contribution < -0.4 is 5.32 Å². The SMILES string of the molecule is CC(C)c1ccc(C=CC(=O)Nc2ccccc2-c2nc3ccccc3s2)cc1. The van der Waals surface area contributed by atoms with E-state index in [1.165, 1.54) is 5.56 Å². The van der Waals surface area contributed by atoms with Gasteiger partial charge in [-0.2, -0.15) is 0 Å². The molecule has 0 unspecified atom stereocenters. The summed E-state index contributed by atoms with van der Waals surface area (Å²) in [5, 5.41) is 3.89. The van der Waals surface area contributed by atoms with E-state index >= 15 is 0 Å². The fraction of sp³-hybridized carbons (Fsp3) is 0.120. The minimum absolute atomic E-state index is 0.161. The molecule has 1 amide bonds. The summed E-state index contributed by atoms with van der Waals surface area (Å²) in [5.74, 6) is 0.335. The average Bonchev–Trinajstić information content (AvgIpc) is 3.17. The van der Waals surface area contributed by atoms with Crippen molar-refractivity contribution in [3.63, 3.8) is 0 Å². The van der Waals surface area contributed by atoms with Crippen molar-refractivity contribution in [3.05, 3.63) is 90.0 Å². The van der Waals surface area contributed by atoms with Gasteiger partial charge in [0.2, 0.25) is 5.91 Å². The van der Waals surface area contributed by atoms with Gasteiger partial charge in [-0.3, -0.25) is 4.79 Å². The van der Waals surface area contributed by atoms with Crippen molar-refractivity contribution >= 4 is 39.2 Å². The Morgan fingerprint density at radius 2 is 1.69 bits per heavy atom. The molecule has 0 saturated carbocycles. The number of carbonyl (C=O) groups excluding carboxylic acids is 1. The number of carbonyl (C=O) groups is 1. The summed E-state index contributed by atoms with van der Waals surface area (Å²) in [6, 6.07) is 24.1. The molecule has 0 atom stereocenters. The van der Waals surface area contributed by atoms with Crippen LogP contribution >= 0.6 is 11.3 Å². The molecule has 3 nitrogen and oxygen atoms in total. The van der Waals surface area contributed by atoms with Crippen LogP contribution in [0.2, 0.25) is 0 Å². The lowest BCUT2D eigenvalue weighted by atomic mass is 10.0. The number of fused-ring (bicyclic) bond motifs is 1. The molecule has 0 bridgehead atoms. The van der Waals surface area contributed by atoms with E-state index in [-0.39, 0.29) is 5.91 Å². The zero-order valence-corrected chi connectivity index (χ0v) is 17.2. The van der Waals surface area contributed by atoms with Crippen molar-refractivity contribution in [1.29, 1.82) is 0 Å². The first-order valence-electron chi connectivity index (χ1n) is 9.64. The van der Waals surface area contributed by atoms with Crippen LogP contribution in [0.1, 0.15) is 30.9 Å². The maximum Gasteiger partial charge on any atom is 0.248 e. The Bertz CT molecular complexity index is 1140. The normalized spacial score (nSPS) is 11.4. The van der Waals surface area contributed by atoms with Gasteiger partial charge in [-0.15, -0.1) is 11.3 Å². The maximum absolute atomic E-state index is 12.5. The topological polar surface area (TPSA) is 42.0 Å². The number of nitrogens with one attached hydrogen (secondary N) is 1. The summed E-state index contributed by atoms with van der Waals surface area (Å²) in [4.78, 5) is 17.2. The van der Waals surface area contributed by atoms with Crippen molar-refractivity contribution in [2.45, 2.75) is 19.8 Å². The fourth-order valence-electron chi connectivity index (χ4n) is 3.10. The van der Waals surface area contributed by atoms with Crippen molar-refractivity contribution < 1.29 is 4.79 Å². The second-order valence-electron chi connectivity index (χ2n) is 7.18. The van der Waals surface area contributed by atoms with Gasteiger partial charge in [-0.25, -0.2) is 4.98 Å². The van der Waals surface area contributed by atoms with Gasteiger partial charge >= 0.3 is 0 Å². The Labute approximate surface area is 174 Å². The van der Waals surface area contributed by atoms with Crippen molar-refractivity contribution in [3.8, 4) is 10.6 Å². The highest BCUT2D eigenvalue weighted by Crippen LogP contribution is 2.34. The minimum atomic E-state index is -0.161. The number of amides is 1. The molecule has 29 heavy (non-hydrogen) atoms. The Morgan fingerprint density at radius 1 is 0.966 bits per heavy atom. The van der Waals surface area contributed by atoms with Crippen molar-refractivity contribution in [1.82, 2.24) is 4.98 Å². The second kappa shape index (κ2) is 8.41. The molecule has 1 aromatic heterocycles. The molecule has 144 valence electrons. The van der Waals surface area contributed by atoms with E-state index in [0.717, 1.165) is 32.0 Å². The molecule has 0 aliphatic rings. The van der Waals surface area contributed by atoms with E-state index in [9.17, 15) is 4.79 Å². The summed E-state index contributed by atoms with van der Waals surface area (Å²) in [7, 11) is 0. The van der Waals surface area contributed by atoms with E-state index in [2.05, 4.69) is 37.4 Å². The van der Waals surface area contributed by atoms with E-state index in [1.54, 1.807) is 17.4 Å². The van der Waals surface area contributed by atoms with E-state index < -0.39 is 0 Å². The van der Waals surface area contributed by atoms with Gasteiger partial charge < -0.3 is 5.32 Å². The number of aromatic nitrogens is 1. The second-order valence-corrected chi connectivity index (χ2v) is 8.21. The highest BCUT2D eigenvalue weighted by atomic mass is 32.1.